The number of anilines is 1. The molecular weight excluding hydrogens is 393 g/mol. The second-order valence-corrected chi connectivity index (χ2v) is 6.37. The molecule has 3 aromatic rings. The van der Waals surface area contributed by atoms with Crippen molar-refractivity contribution >= 4 is 40.8 Å². The van der Waals surface area contributed by atoms with Crippen molar-refractivity contribution in [1.82, 2.24) is 20.2 Å². The maximum atomic E-state index is 12.3. The van der Waals surface area contributed by atoms with Gasteiger partial charge in [0.05, 0.1) is 11.3 Å². The van der Waals surface area contributed by atoms with Crippen molar-refractivity contribution < 1.29 is 14.3 Å². The van der Waals surface area contributed by atoms with Gasteiger partial charge in [-0.3, -0.25) is 4.79 Å². The molecule has 8 nitrogen and oxygen atoms in total. The van der Waals surface area contributed by atoms with Crippen molar-refractivity contribution in [2.45, 2.75) is 13.0 Å². The van der Waals surface area contributed by atoms with E-state index >= 15 is 0 Å². The van der Waals surface area contributed by atoms with Crippen molar-refractivity contribution in [3.63, 3.8) is 0 Å². The Morgan fingerprint density at radius 2 is 1.89 bits per heavy atom. The predicted octanol–water partition coefficient (Wildman–Crippen LogP) is 3.15. The monoisotopic (exact) mass is 405 g/mol. The van der Waals surface area contributed by atoms with E-state index in [1.54, 1.807) is 30.3 Å². The van der Waals surface area contributed by atoms with Crippen molar-refractivity contribution in [2.24, 2.45) is 0 Å². The number of halogens is 2. The summed E-state index contributed by atoms with van der Waals surface area (Å²) in [6.45, 7) is 1.46. The highest BCUT2D eigenvalue weighted by molar-refractivity contribution is 6.35. The number of hydrogen-bond donors (Lipinski definition) is 1. The van der Waals surface area contributed by atoms with E-state index in [0.717, 1.165) is 0 Å². The van der Waals surface area contributed by atoms with E-state index in [4.69, 9.17) is 27.9 Å². The topological polar surface area (TPSA) is 99.0 Å². The number of aromatic nitrogens is 4. The number of hydrogen-bond acceptors (Lipinski definition) is 6. The van der Waals surface area contributed by atoms with Crippen LogP contribution in [0, 0.1) is 0 Å². The van der Waals surface area contributed by atoms with Crippen LogP contribution in [0.2, 0.25) is 10.0 Å². The molecule has 1 N–H and O–H groups in total. The highest BCUT2D eigenvalue weighted by atomic mass is 35.5. The molecule has 2 aromatic carbocycles. The van der Waals surface area contributed by atoms with Gasteiger partial charge in [-0.25, -0.2) is 9.48 Å². The number of nitrogens with one attached hydrogen (secondary N) is 1. The van der Waals surface area contributed by atoms with Gasteiger partial charge in [-0.05, 0) is 53.7 Å². The summed E-state index contributed by atoms with van der Waals surface area (Å²) >= 11 is 11.8. The Labute approximate surface area is 164 Å². The van der Waals surface area contributed by atoms with Gasteiger partial charge >= 0.3 is 5.97 Å². The molecule has 1 atom stereocenters. The lowest BCUT2D eigenvalue weighted by Gasteiger charge is -2.14. The molecule has 1 unspecified atom stereocenters. The Kier molecular flexibility index (Phi) is 5.68. The lowest BCUT2D eigenvalue weighted by molar-refractivity contribution is -0.123. The standard InChI is InChI=1S/C17H13Cl2N5O3/c1-10(16(25)21-14-7-12(18)6-13(19)8-14)27-17(26)11-3-2-4-15(5-11)24-9-20-22-23-24/h2-10H,1H3,(H,21,25). The van der Waals surface area contributed by atoms with Gasteiger partial charge < -0.3 is 10.1 Å². The lowest BCUT2D eigenvalue weighted by Crippen LogP contribution is -2.30. The molecule has 27 heavy (non-hydrogen) atoms. The van der Waals surface area contributed by atoms with Gasteiger partial charge in [0.2, 0.25) is 0 Å². The number of carbonyl (C=O) groups excluding carboxylic acids is 2. The van der Waals surface area contributed by atoms with Gasteiger partial charge in [0.1, 0.15) is 6.33 Å². The number of nitrogens with zero attached hydrogens (tertiary/aromatic N) is 4. The zero-order chi connectivity index (χ0) is 19.4. The Morgan fingerprint density at radius 1 is 1.15 bits per heavy atom. The fourth-order valence-corrected chi connectivity index (χ4v) is 2.73. The van der Waals surface area contributed by atoms with E-state index in [2.05, 4.69) is 20.8 Å². The first kappa shape index (κ1) is 18.8. The summed E-state index contributed by atoms with van der Waals surface area (Å²) in [5.74, 6) is -1.17. The number of ether oxygens (including phenoxy) is 1. The summed E-state index contributed by atoms with van der Waals surface area (Å²) in [4.78, 5) is 24.6. The molecule has 0 saturated heterocycles. The van der Waals surface area contributed by atoms with E-state index in [9.17, 15) is 9.59 Å². The summed E-state index contributed by atoms with van der Waals surface area (Å²) in [6, 6.07) is 11.1. The fraction of sp³-hybridized carbons (Fsp3) is 0.118. The molecule has 0 fully saturated rings. The quantitative estimate of drug-likeness (QED) is 0.654. The van der Waals surface area contributed by atoms with Crippen molar-refractivity contribution in [1.29, 1.82) is 0 Å². The highest BCUT2D eigenvalue weighted by Gasteiger charge is 2.20. The van der Waals surface area contributed by atoms with E-state index < -0.39 is 18.0 Å². The van der Waals surface area contributed by atoms with Crippen molar-refractivity contribution in [3.05, 3.63) is 64.4 Å². The third kappa shape index (κ3) is 4.81. The molecule has 1 amide bonds. The van der Waals surface area contributed by atoms with Crippen LogP contribution in [0.1, 0.15) is 17.3 Å². The van der Waals surface area contributed by atoms with E-state index in [1.807, 2.05) is 0 Å². The highest BCUT2D eigenvalue weighted by Crippen LogP contribution is 2.22. The van der Waals surface area contributed by atoms with Crippen LogP contribution in [0.5, 0.6) is 0 Å². The first-order valence-corrected chi connectivity index (χ1v) is 8.49. The van der Waals surface area contributed by atoms with E-state index in [1.165, 1.54) is 30.1 Å². The number of tetrazole rings is 1. The van der Waals surface area contributed by atoms with Crippen LogP contribution in [0.15, 0.2) is 48.8 Å². The third-order valence-corrected chi connectivity index (χ3v) is 3.91. The van der Waals surface area contributed by atoms with Crippen LogP contribution in [0.25, 0.3) is 5.69 Å². The summed E-state index contributed by atoms with van der Waals surface area (Å²) in [6.07, 6.45) is 0.364. The largest absolute Gasteiger partial charge is 0.449 e. The Bertz CT molecular complexity index is 958. The Hall–Kier alpha value is -2.97. The number of esters is 1. The summed E-state index contributed by atoms with van der Waals surface area (Å²) in [5, 5.41) is 14.2. The van der Waals surface area contributed by atoms with Crippen LogP contribution in [0.3, 0.4) is 0 Å². The molecule has 3 rings (SSSR count). The second-order valence-electron chi connectivity index (χ2n) is 5.50. The van der Waals surface area contributed by atoms with E-state index in [-0.39, 0.29) is 5.56 Å². The van der Waals surface area contributed by atoms with Gasteiger partial charge in [0, 0.05) is 15.7 Å². The van der Waals surface area contributed by atoms with Gasteiger partial charge in [-0.15, -0.1) is 5.10 Å². The number of amides is 1. The number of benzene rings is 2. The average molecular weight is 406 g/mol. The zero-order valence-corrected chi connectivity index (χ0v) is 15.5. The summed E-state index contributed by atoms with van der Waals surface area (Å²) in [5.41, 5.74) is 1.25. The lowest BCUT2D eigenvalue weighted by atomic mass is 10.2. The van der Waals surface area contributed by atoms with E-state index in [0.29, 0.717) is 21.4 Å². The molecule has 0 aliphatic carbocycles. The molecule has 0 spiro atoms. The minimum atomic E-state index is -1.04. The van der Waals surface area contributed by atoms with Crippen LogP contribution in [-0.4, -0.2) is 38.2 Å². The van der Waals surface area contributed by atoms with Crippen LogP contribution < -0.4 is 5.32 Å². The molecule has 0 aliphatic rings. The molecule has 1 aromatic heterocycles. The van der Waals surface area contributed by atoms with Crippen molar-refractivity contribution in [2.75, 3.05) is 5.32 Å². The van der Waals surface area contributed by atoms with Crippen LogP contribution in [0.4, 0.5) is 5.69 Å². The molecule has 1 heterocycles. The Morgan fingerprint density at radius 3 is 2.56 bits per heavy atom. The normalized spacial score (nSPS) is 11.7. The maximum Gasteiger partial charge on any atom is 0.338 e. The Balaban J connectivity index is 1.66. The minimum Gasteiger partial charge on any atom is -0.449 e. The van der Waals surface area contributed by atoms with Gasteiger partial charge in [-0.1, -0.05) is 29.3 Å². The molecule has 0 bridgehead atoms. The molecule has 10 heteroatoms. The van der Waals surface area contributed by atoms with Gasteiger partial charge in [0.25, 0.3) is 5.91 Å². The molecular formula is C17H13Cl2N5O3. The van der Waals surface area contributed by atoms with Gasteiger partial charge in [0.15, 0.2) is 6.10 Å². The smallest absolute Gasteiger partial charge is 0.338 e. The fourth-order valence-electron chi connectivity index (χ4n) is 2.21. The third-order valence-electron chi connectivity index (χ3n) is 3.48. The first-order chi connectivity index (χ1) is 12.9. The second kappa shape index (κ2) is 8.15. The first-order valence-electron chi connectivity index (χ1n) is 7.74. The maximum absolute atomic E-state index is 12.3. The molecule has 138 valence electrons. The zero-order valence-electron chi connectivity index (χ0n) is 14.0. The molecule has 0 radical (unpaired) electrons. The number of carbonyl (C=O) groups is 2. The minimum absolute atomic E-state index is 0.258. The summed E-state index contributed by atoms with van der Waals surface area (Å²) < 4.78 is 6.62. The SMILES string of the molecule is CC(OC(=O)c1cccc(-n2cnnn2)c1)C(=O)Nc1cc(Cl)cc(Cl)c1. The summed E-state index contributed by atoms with van der Waals surface area (Å²) in [7, 11) is 0. The van der Waals surface area contributed by atoms with Crippen LogP contribution >= 0.6 is 23.2 Å². The average Bonchev–Trinajstić information content (AvgIpc) is 3.15. The predicted molar refractivity (Wildman–Crippen MR) is 99.1 cm³/mol. The molecule has 0 saturated carbocycles. The van der Waals surface area contributed by atoms with Gasteiger partial charge in [-0.2, -0.15) is 0 Å². The van der Waals surface area contributed by atoms with Crippen molar-refractivity contribution in [3.8, 4) is 5.69 Å². The molecule has 0 aliphatic heterocycles. The van der Waals surface area contributed by atoms with Crippen LogP contribution in [-0.2, 0) is 9.53 Å². The number of rotatable bonds is 5.